The van der Waals surface area contributed by atoms with Gasteiger partial charge in [-0.2, -0.15) is 0 Å². The zero-order valence-corrected chi connectivity index (χ0v) is 19.9. The zero-order chi connectivity index (χ0) is 24.1. The monoisotopic (exact) mass is 480 g/mol. The summed E-state index contributed by atoms with van der Waals surface area (Å²) in [5.41, 5.74) is 2.94. The van der Waals surface area contributed by atoms with Crippen molar-refractivity contribution >= 4 is 34.0 Å². The maximum absolute atomic E-state index is 12.5. The van der Waals surface area contributed by atoms with Crippen LogP contribution in [0.3, 0.4) is 0 Å². The summed E-state index contributed by atoms with van der Waals surface area (Å²) < 4.78 is 22.4. The summed E-state index contributed by atoms with van der Waals surface area (Å²) in [5.74, 6) is 2.73. The topological polar surface area (TPSA) is 104 Å². The van der Waals surface area contributed by atoms with Crippen molar-refractivity contribution in [1.82, 2.24) is 15.3 Å². The van der Waals surface area contributed by atoms with Gasteiger partial charge in [-0.05, 0) is 31.2 Å². The molecule has 2 amide bonds. The lowest BCUT2D eigenvalue weighted by molar-refractivity contribution is 0.249. The summed E-state index contributed by atoms with van der Waals surface area (Å²) >= 11 is 1.48. The minimum absolute atomic E-state index is 0.170. The molecule has 2 aromatic carbocycles. The average Bonchev–Trinajstić information content (AvgIpc) is 3.39. The highest BCUT2D eigenvalue weighted by atomic mass is 32.1. The number of carbonyl (C=O) groups excluding carboxylic acids is 1. The van der Waals surface area contributed by atoms with Crippen LogP contribution >= 0.6 is 11.3 Å². The van der Waals surface area contributed by atoms with Crippen LogP contribution in [-0.2, 0) is 0 Å². The van der Waals surface area contributed by atoms with Crippen LogP contribution in [0.1, 0.15) is 17.8 Å². The smallest absolute Gasteiger partial charge is 0.319 e. The van der Waals surface area contributed by atoms with E-state index in [0.717, 1.165) is 10.3 Å². The molecule has 0 bridgehead atoms. The number of hydrogen-bond acceptors (Lipinski definition) is 8. The van der Waals surface area contributed by atoms with Gasteiger partial charge in [0.05, 0.1) is 44.1 Å². The molecule has 2 N–H and O–H groups in total. The molecule has 0 aliphatic carbocycles. The maximum Gasteiger partial charge on any atom is 0.319 e. The van der Waals surface area contributed by atoms with Crippen molar-refractivity contribution in [1.29, 1.82) is 0 Å². The molecular formula is C24H24N4O5S. The lowest BCUT2D eigenvalue weighted by Gasteiger charge is -2.16. The molecule has 0 aliphatic heterocycles. The number of urea groups is 1. The van der Waals surface area contributed by atoms with E-state index in [1.165, 1.54) is 18.4 Å². The molecule has 0 unspecified atom stereocenters. The highest BCUT2D eigenvalue weighted by Gasteiger charge is 2.15. The van der Waals surface area contributed by atoms with E-state index >= 15 is 0 Å². The Labute approximate surface area is 200 Å². The van der Waals surface area contributed by atoms with Gasteiger partial charge >= 0.3 is 6.03 Å². The van der Waals surface area contributed by atoms with Crippen molar-refractivity contribution in [2.75, 3.05) is 26.6 Å². The second-order valence-corrected chi connectivity index (χ2v) is 8.14. The third kappa shape index (κ3) is 4.96. The van der Waals surface area contributed by atoms with Crippen LogP contribution in [0, 0.1) is 0 Å². The van der Waals surface area contributed by atoms with E-state index < -0.39 is 0 Å². The largest absolute Gasteiger partial charge is 0.494 e. The second-order valence-electron chi connectivity index (χ2n) is 7.22. The van der Waals surface area contributed by atoms with E-state index in [0.29, 0.717) is 40.0 Å². The summed E-state index contributed by atoms with van der Waals surface area (Å²) in [6, 6.07) is 10.0. The highest BCUT2D eigenvalue weighted by molar-refractivity contribution is 7.09. The van der Waals surface area contributed by atoms with Gasteiger partial charge in [0.1, 0.15) is 17.2 Å². The Balaban J connectivity index is 1.54. The Morgan fingerprint density at radius 1 is 0.971 bits per heavy atom. The molecule has 4 aromatic rings. The van der Waals surface area contributed by atoms with Crippen molar-refractivity contribution in [3.05, 3.63) is 59.2 Å². The summed E-state index contributed by atoms with van der Waals surface area (Å²) in [4.78, 5) is 21.9. The number of rotatable bonds is 8. The summed E-state index contributed by atoms with van der Waals surface area (Å²) in [6.45, 7) is 1.89. The molecule has 176 valence electrons. The number of pyridine rings is 1. The van der Waals surface area contributed by atoms with Gasteiger partial charge in [-0.1, -0.05) is 0 Å². The number of methoxy groups -OCH3 is 3. The number of fused-ring (bicyclic) bond motifs is 1. The van der Waals surface area contributed by atoms with E-state index in [1.54, 1.807) is 62.5 Å². The minimum atomic E-state index is -0.353. The van der Waals surface area contributed by atoms with E-state index in [1.807, 2.05) is 13.0 Å². The van der Waals surface area contributed by atoms with Gasteiger partial charge in [0.2, 0.25) is 0 Å². The SMILES string of the molecule is COc1cc(Oc2ccnc3cc(OC)c(OC)cc23)ccc1NC(=O)N[C@@H](C)c1cncs1. The first-order valence-corrected chi connectivity index (χ1v) is 11.2. The normalized spacial score (nSPS) is 11.5. The molecule has 10 heteroatoms. The van der Waals surface area contributed by atoms with Gasteiger partial charge in [-0.15, -0.1) is 11.3 Å². The Bertz CT molecular complexity index is 1300. The van der Waals surface area contributed by atoms with Crippen molar-refractivity contribution in [3.63, 3.8) is 0 Å². The van der Waals surface area contributed by atoms with Crippen LogP contribution < -0.4 is 29.6 Å². The van der Waals surface area contributed by atoms with Gasteiger partial charge in [0.15, 0.2) is 11.5 Å². The lowest BCUT2D eigenvalue weighted by Crippen LogP contribution is -2.30. The summed E-state index contributed by atoms with van der Waals surface area (Å²) in [6.07, 6.45) is 3.39. The third-order valence-corrected chi connectivity index (χ3v) is 6.04. The Morgan fingerprint density at radius 3 is 2.44 bits per heavy atom. The predicted molar refractivity (Wildman–Crippen MR) is 131 cm³/mol. The molecular weight excluding hydrogens is 456 g/mol. The Kier molecular flexibility index (Phi) is 6.98. The van der Waals surface area contributed by atoms with Crippen LogP contribution in [0.5, 0.6) is 28.7 Å². The highest BCUT2D eigenvalue weighted by Crippen LogP contribution is 2.38. The van der Waals surface area contributed by atoms with Gasteiger partial charge in [0.25, 0.3) is 0 Å². The van der Waals surface area contributed by atoms with Crippen LogP contribution in [0.2, 0.25) is 0 Å². The summed E-state index contributed by atoms with van der Waals surface area (Å²) in [5, 5.41) is 6.46. The van der Waals surface area contributed by atoms with Crippen LogP contribution in [0.15, 0.2) is 54.3 Å². The first kappa shape index (κ1) is 23.1. The van der Waals surface area contributed by atoms with Crippen molar-refractivity contribution < 1.29 is 23.7 Å². The summed E-state index contributed by atoms with van der Waals surface area (Å²) in [7, 11) is 4.68. The van der Waals surface area contributed by atoms with E-state index in [2.05, 4.69) is 20.6 Å². The number of anilines is 1. The van der Waals surface area contributed by atoms with Crippen LogP contribution in [0.4, 0.5) is 10.5 Å². The molecule has 4 rings (SSSR count). The van der Waals surface area contributed by atoms with Gasteiger partial charge < -0.3 is 29.6 Å². The molecule has 2 heterocycles. The number of thiazole rings is 1. The fraction of sp³-hybridized carbons (Fsp3) is 0.208. The van der Waals surface area contributed by atoms with Gasteiger partial charge in [-0.3, -0.25) is 9.97 Å². The lowest BCUT2D eigenvalue weighted by atomic mass is 10.2. The molecule has 0 radical (unpaired) electrons. The number of ether oxygens (including phenoxy) is 4. The molecule has 0 aliphatic rings. The molecule has 2 aromatic heterocycles. The van der Waals surface area contributed by atoms with Crippen molar-refractivity contribution in [3.8, 4) is 28.7 Å². The van der Waals surface area contributed by atoms with Gasteiger partial charge in [-0.25, -0.2) is 4.79 Å². The molecule has 0 saturated carbocycles. The van der Waals surface area contributed by atoms with E-state index in [9.17, 15) is 4.79 Å². The zero-order valence-electron chi connectivity index (χ0n) is 19.1. The number of amides is 2. The minimum Gasteiger partial charge on any atom is -0.494 e. The molecule has 0 fully saturated rings. The number of aromatic nitrogens is 2. The Hall–Kier alpha value is -4.05. The first-order chi connectivity index (χ1) is 16.5. The molecule has 34 heavy (non-hydrogen) atoms. The van der Waals surface area contributed by atoms with Crippen LogP contribution in [-0.4, -0.2) is 37.3 Å². The number of nitrogens with one attached hydrogen (secondary N) is 2. The fourth-order valence-corrected chi connectivity index (χ4v) is 4.00. The van der Waals surface area contributed by atoms with Crippen molar-refractivity contribution in [2.24, 2.45) is 0 Å². The van der Waals surface area contributed by atoms with Crippen molar-refractivity contribution in [2.45, 2.75) is 13.0 Å². The fourth-order valence-electron chi connectivity index (χ4n) is 3.37. The number of benzene rings is 2. The third-order valence-electron chi connectivity index (χ3n) is 5.08. The molecule has 0 saturated heterocycles. The van der Waals surface area contributed by atoms with Crippen LogP contribution in [0.25, 0.3) is 10.9 Å². The standard InChI is InChI=1S/C24H24N4O5S/c1-14(23-12-25-13-34-23)27-24(29)28-17-6-5-15(9-20(17)30-2)33-19-7-8-26-18-11-22(32-4)21(31-3)10-16(18)19/h5-14H,1-4H3,(H2,27,28,29)/t14-/m0/s1. The quantitative estimate of drug-likeness (QED) is 0.348. The van der Waals surface area contributed by atoms with Gasteiger partial charge in [0, 0.05) is 34.8 Å². The first-order valence-electron chi connectivity index (χ1n) is 10.3. The Morgan fingerprint density at radius 2 is 1.74 bits per heavy atom. The number of hydrogen-bond donors (Lipinski definition) is 2. The maximum atomic E-state index is 12.5. The second kappa shape index (κ2) is 10.3. The molecule has 1 atom stereocenters. The molecule has 0 spiro atoms. The molecule has 9 nitrogen and oxygen atoms in total. The number of nitrogens with zero attached hydrogens (tertiary/aromatic N) is 2. The predicted octanol–water partition coefficient (Wildman–Crippen LogP) is 5.39. The number of carbonyl (C=O) groups is 1. The van der Waals surface area contributed by atoms with E-state index in [4.69, 9.17) is 18.9 Å². The average molecular weight is 481 g/mol. The van der Waals surface area contributed by atoms with E-state index in [-0.39, 0.29) is 12.1 Å².